The second-order valence-electron chi connectivity index (χ2n) is 10.3. The molecule has 1 aliphatic rings. The number of nitrogens with zero attached hydrogens (tertiary/aromatic N) is 4. The van der Waals surface area contributed by atoms with Gasteiger partial charge in [-0.25, -0.2) is 9.59 Å². The number of halogens is 1. The highest BCUT2D eigenvalue weighted by atomic mass is 35.5. The van der Waals surface area contributed by atoms with E-state index in [0.717, 1.165) is 37.1 Å². The first-order chi connectivity index (χ1) is 20.9. The highest BCUT2D eigenvalue weighted by Gasteiger charge is 2.30. The van der Waals surface area contributed by atoms with Crippen molar-refractivity contribution >= 4 is 48.4 Å². The Morgan fingerprint density at radius 2 is 1.61 bits per heavy atom. The average Bonchev–Trinajstić information content (AvgIpc) is 3.61. The van der Waals surface area contributed by atoms with E-state index >= 15 is 0 Å². The number of hydrogen-bond donors (Lipinski definition) is 1. The van der Waals surface area contributed by atoms with Gasteiger partial charge in [0.15, 0.2) is 0 Å². The molecule has 44 heavy (non-hydrogen) atoms. The molecule has 0 radical (unpaired) electrons. The van der Waals surface area contributed by atoms with Crippen molar-refractivity contribution in [1.82, 2.24) is 14.5 Å². The Balaban J connectivity index is 1.60. The lowest BCUT2D eigenvalue weighted by Crippen LogP contribution is -2.36. The van der Waals surface area contributed by atoms with Crippen LogP contribution < -0.4 is 4.90 Å². The standard InChI is InChI=1S/C26H40ClN4O12P/c1-17(2)42-25(33)38-14-40-44(35,41-15-39-26(34)43-18(3)4)16-37-13-21(36-5)20(32)12-31-11-8-19-22(30-9-6-7-10-30)28-24(27)29-23(19)31/h8,11,17-18,20-21,32H,6-7,9-10,12-16H2,1-5H3/t20-,21+/m0/s1. The molecule has 1 aliphatic heterocycles. The zero-order valence-electron chi connectivity index (χ0n) is 25.4. The summed E-state index contributed by atoms with van der Waals surface area (Å²) >= 11 is 6.23. The molecule has 0 unspecified atom stereocenters. The van der Waals surface area contributed by atoms with Crippen LogP contribution in [0.4, 0.5) is 15.4 Å². The van der Waals surface area contributed by atoms with E-state index in [2.05, 4.69) is 14.9 Å². The summed E-state index contributed by atoms with van der Waals surface area (Å²) in [6.07, 6.45) is -1.75. The minimum atomic E-state index is -4.17. The number of rotatable bonds is 17. The number of carbonyl (C=O) groups excluding carboxylic acids is 2. The number of methoxy groups -OCH3 is 1. The Hall–Kier alpha value is -2.72. The van der Waals surface area contributed by atoms with Crippen molar-refractivity contribution in [2.45, 2.75) is 71.5 Å². The summed E-state index contributed by atoms with van der Waals surface area (Å²) in [6.45, 7) is 6.44. The van der Waals surface area contributed by atoms with E-state index < -0.39 is 64.3 Å². The molecule has 3 rings (SSSR count). The lowest BCUT2D eigenvalue weighted by atomic mass is 10.2. The SMILES string of the molecule is CO[C@H](COCP(=O)(OCOC(=O)OC(C)C)OCOC(=O)OC(C)C)[C@@H](O)Cn1ccc2c(N3CCCC3)nc(Cl)nc21. The molecular weight excluding hydrogens is 627 g/mol. The predicted molar refractivity (Wildman–Crippen MR) is 157 cm³/mol. The molecule has 2 atom stereocenters. The Bertz CT molecular complexity index is 1240. The quantitative estimate of drug-likeness (QED) is 0.109. The molecule has 1 N–H and O–H groups in total. The molecule has 0 aromatic carbocycles. The van der Waals surface area contributed by atoms with E-state index in [-0.39, 0.29) is 18.4 Å². The van der Waals surface area contributed by atoms with Crippen molar-refractivity contribution in [3.63, 3.8) is 0 Å². The fourth-order valence-electron chi connectivity index (χ4n) is 4.15. The summed E-state index contributed by atoms with van der Waals surface area (Å²) in [5, 5.41) is 11.9. The molecule has 0 saturated carbocycles. The van der Waals surface area contributed by atoms with Crippen molar-refractivity contribution in [2.75, 3.05) is 51.6 Å². The van der Waals surface area contributed by atoms with E-state index in [1.807, 2.05) is 6.07 Å². The molecule has 0 aliphatic carbocycles. The fourth-order valence-corrected chi connectivity index (χ4v) is 5.29. The second kappa shape index (κ2) is 17.1. The van der Waals surface area contributed by atoms with Gasteiger partial charge in [-0.1, -0.05) is 0 Å². The lowest BCUT2D eigenvalue weighted by Gasteiger charge is -2.24. The molecule has 248 valence electrons. The van der Waals surface area contributed by atoms with Crippen molar-refractivity contribution in [2.24, 2.45) is 0 Å². The number of fused-ring (bicyclic) bond motifs is 1. The minimum Gasteiger partial charge on any atom is -0.432 e. The van der Waals surface area contributed by atoms with Crippen LogP contribution >= 0.6 is 19.2 Å². The largest absolute Gasteiger partial charge is 0.510 e. The number of aliphatic hydroxyl groups excluding tert-OH is 1. The summed E-state index contributed by atoms with van der Waals surface area (Å²) in [5.41, 5.74) is 0.556. The van der Waals surface area contributed by atoms with E-state index in [9.17, 15) is 19.3 Å². The minimum absolute atomic E-state index is 0.0699. The lowest BCUT2D eigenvalue weighted by molar-refractivity contribution is -0.0653. The molecule has 2 aromatic heterocycles. The molecule has 0 amide bonds. The smallest absolute Gasteiger partial charge is 0.432 e. The summed E-state index contributed by atoms with van der Waals surface area (Å²) in [5.74, 6) is 0.746. The van der Waals surface area contributed by atoms with Crippen LogP contribution in [0.25, 0.3) is 11.0 Å². The Labute approximate surface area is 260 Å². The van der Waals surface area contributed by atoms with Gasteiger partial charge in [0.05, 0.1) is 30.7 Å². The van der Waals surface area contributed by atoms with E-state index in [4.69, 9.17) is 49.1 Å². The predicted octanol–water partition coefficient (Wildman–Crippen LogP) is 4.30. The first-order valence-electron chi connectivity index (χ1n) is 14.0. The number of ether oxygens (including phenoxy) is 6. The van der Waals surface area contributed by atoms with Crippen LogP contribution in [0, 0.1) is 0 Å². The number of anilines is 1. The average molecular weight is 667 g/mol. The van der Waals surface area contributed by atoms with E-state index in [1.54, 1.807) is 38.5 Å². The first kappa shape index (κ1) is 35.8. The van der Waals surface area contributed by atoms with Gasteiger partial charge >= 0.3 is 19.9 Å². The zero-order chi connectivity index (χ0) is 32.3. The third-order valence-corrected chi connectivity index (χ3v) is 7.81. The van der Waals surface area contributed by atoms with Gasteiger partial charge < -0.3 is 43.0 Å². The maximum Gasteiger partial charge on any atom is 0.510 e. The molecule has 16 nitrogen and oxygen atoms in total. The Morgan fingerprint density at radius 1 is 1.02 bits per heavy atom. The molecule has 1 saturated heterocycles. The van der Waals surface area contributed by atoms with Gasteiger partial charge in [0.1, 0.15) is 30.0 Å². The molecule has 0 spiro atoms. The monoisotopic (exact) mass is 666 g/mol. The summed E-state index contributed by atoms with van der Waals surface area (Å²) in [4.78, 5) is 34.2. The summed E-state index contributed by atoms with van der Waals surface area (Å²) in [7, 11) is -2.80. The molecule has 2 aromatic rings. The number of aromatic nitrogens is 3. The van der Waals surface area contributed by atoms with Crippen molar-refractivity contribution in [3.8, 4) is 0 Å². The maximum atomic E-state index is 13.3. The third-order valence-electron chi connectivity index (χ3n) is 6.14. The van der Waals surface area contributed by atoms with Gasteiger partial charge in [0.2, 0.25) is 18.9 Å². The zero-order valence-corrected chi connectivity index (χ0v) is 27.0. The van der Waals surface area contributed by atoms with Crippen LogP contribution in [-0.2, 0) is 48.6 Å². The first-order valence-corrected chi connectivity index (χ1v) is 16.1. The fraction of sp³-hybridized carbons (Fsp3) is 0.692. The molecule has 3 heterocycles. The number of carbonyl (C=O) groups is 2. The van der Waals surface area contributed by atoms with Crippen LogP contribution in [0.5, 0.6) is 0 Å². The van der Waals surface area contributed by atoms with Gasteiger partial charge in [-0.2, -0.15) is 9.97 Å². The Morgan fingerprint density at radius 3 is 2.16 bits per heavy atom. The second-order valence-corrected chi connectivity index (χ2v) is 12.6. The molecule has 18 heteroatoms. The van der Waals surface area contributed by atoms with Gasteiger partial charge in [0.25, 0.3) is 0 Å². The molecular formula is C26H40ClN4O12P. The van der Waals surface area contributed by atoms with E-state index in [1.165, 1.54) is 7.11 Å². The summed E-state index contributed by atoms with van der Waals surface area (Å²) in [6, 6.07) is 1.87. The van der Waals surface area contributed by atoms with Crippen LogP contribution in [0.3, 0.4) is 0 Å². The van der Waals surface area contributed by atoms with Crippen molar-refractivity contribution in [3.05, 3.63) is 17.5 Å². The van der Waals surface area contributed by atoms with Gasteiger partial charge in [-0.3, -0.25) is 13.6 Å². The topological polar surface area (TPSA) is 179 Å². The van der Waals surface area contributed by atoms with Gasteiger partial charge in [0, 0.05) is 26.4 Å². The third kappa shape index (κ3) is 11.0. The number of hydrogen-bond acceptors (Lipinski definition) is 15. The van der Waals surface area contributed by atoms with Gasteiger partial charge in [-0.05, 0) is 58.2 Å². The van der Waals surface area contributed by atoms with Crippen LogP contribution in [0.1, 0.15) is 40.5 Å². The van der Waals surface area contributed by atoms with Crippen LogP contribution in [0.15, 0.2) is 12.3 Å². The maximum absolute atomic E-state index is 13.3. The molecule has 0 bridgehead atoms. The van der Waals surface area contributed by atoms with Crippen LogP contribution in [-0.4, -0.2) is 103 Å². The summed E-state index contributed by atoms with van der Waals surface area (Å²) < 4.78 is 55.3. The van der Waals surface area contributed by atoms with E-state index in [0.29, 0.717) is 5.65 Å². The highest BCUT2D eigenvalue weighted by Crippen LogP contribution is 2.48. The Kier molecular flexibility index (Phi) is 13.9. The van der Waals surface area contributed by atoms with Crippen molar-refractivity contribution < 1.29 is 56.7 Å². The van der Waals surface area contributed by atoms with Crippen LogP contribution in [0.2, 0.25) is 5.28 Å². The van der Waals surface area contributed by atoms with Crippen molar-refractivity contribution in [1.29, 1.82) is 0 Å². The molecule has 1 fully saturated rings. The number of aliphatic hydroxyl groups is 1. The van der Waals surface area contributed by atoms with Gasteiger partial charge in [-0.15, -0.1) is 0 Å². The highest BCUT2D eigenvalue weighted by molar-refractivity contribution is 7.53. The normalized spacial score (nSPS) is 15.2.